The van der Waals surface area contributed by atoms with Crippen LogP contribution in [0.4, 0.5) is 0 Å². The summed E-state index contributed by atoms with van der Waals surface area (Å²) in [6.07, 6.45) is 6.65. The molecule has 0 saturated carbocycles. The minimum Gasteiger partial charge on any atom is -0.295 e. The molecule has 2 aliphatic heterocycles. The zero-order chi connectivity index (χ0) is 13.8. The zero-order valence-electron chi connectivity index (χ0n) is 12.8. The predicted octanol–water partition coefficient (Wildman–Crippen LogP) is 4.94. The third kappa shape index (κ3) is 2.08. The van der Waals surface area contributed by atoms with Crippen LogP contribution in [0.15, 0.2) is 29.6 Å². The Morgan fingerprint density at radius 3 is 2.91 bits per heavy atom. The molecule has 1 aromatic heterocycles. The van der Waals surface area contributed by atoms with Gasteiger partial charge in [-0.25, -0.2) is 0 Å². The number of fused-ring (bicyclic) bond motifs is 4. The number of hydrogen-bond acceptors (Lipinski definition) is 2. The van der Waals surface area contributed by atoms with Crippen LogP contribution in [0.5, 0.6) is 0 Å². The van der Waals surface area contributed by atoms with E-state index in [-0.39, 0.29) is 12.4 Å². The minimum absolute atomic E-state index is 0. The van der Waals surface area contributed by atoms with E-state index >= 15 is 0 Å². The number of nitrogens with zero attached hydrogens (tertiary/aromatic N) is 1. The maximum Gasteiger partial charge on any atom is 0.0359 e. The lowest BCUT2D eigenvalue weighted by Gasteiger charge is -2.43. The number of hydrogen-bond donors (Lipinski definition) is 0. The molecule has 3 heteroatoms. The van der Waals surface area contributed by atoms with Gasteiger partial charge in [0.25, 0.3) is 0 Å². The predicted molar refractivity (Wildman–Crippen MR) is 95.4 cm³/mol. The number of halogens is 1. The van der Waals surface area contributed by atoms with Crippen molar-refractivity contribution in [3.63, 3.8) is 0 Å². The Labute approximate surface area is 142 Å². The summed E-state index contributed by atoms with van der Waals surface area (Å²) in [5.74, 6) is 0.634. The second-order valence-corrected chi connectivity index (χ2v) is 7.75. The van der Waals surface area contributed by atoms with Gasteiger partial charge in [-0.3, -0.25) is 4.90 Å². The first kappa shape index (κ1) is 14.7. The van der Waals surface area contributed by atoms with Crippen molar-refractivity contribution in [1.82, 2.24) is 4.90 Å². The van der Waals surface area contributed by atoms with Crippen LogP contribution in [0.2, 0.25) is 0 Å². The van der Waals surface area contributed by atoms with E-state index in [1.54, 1.807) is 27.1 Å². The van der Waals surface area contributed by atoms with E-state index in [2.05, 4.69) is 34.5 Å². The van der Waals surface area contributed by atoms with E-state index in [1.165, 1.54) is 45.2 Å². The second kappa shape index (κ2) is 5.67. The van der Waals surface area contributed by atoms with Gasteiger partial charge < -0.3 is 0 Å². The molecule has 0 bridgehead atoms. The normalized spacial score (nSPS) is 26.2. The van der Waals surface area contributed by atoms with E-state index in [0.717, 1.165) is 6.04 Å². The summed E-state index contributed by atoms with van der Waals surface area (Å²) < 4.78 is 0. The topological polar surface area (TPSA) is 3.24 Å². The number of thiophene rings is 1. The van der Waals surface area contributed by atoms with Gasteiger partial charge >= 0.3 is 0 Å². The molecule has 5 rings (SSSR count). The highest BCUT2D eigenvalue weighted by atomic mass is 35.5. The number of benzene rings is 1. The van der Waals surface area contributed by atoms with Crippen LogP contribution in [-0.2, 0) is 12.8 Å². The van der Waals surface area contributed by atoms with Crippen molar-refractivity contribution in [2.24, 2.45) is 0 Å². The van der Waals surface area contributed by atoms with E-state index in [1.807, 2.05) is 11.3 Å². The molecule has 0 N–H and O–H groups in total. The van der Waals surface area contributed by atoms with Crippen LogP contribution >= 0.6 is 23.7 Å². The lowest BCUT2D eigenvalue weighted by Crippen LogP contribution is -2.40. The Kier molecular flexibility index (Phi) is 3.80. The summed E-state index contributed by atoms with van der Waals surface area (Å²) in [6, 6.07) is 9.92. The summed E-state index contributed by atoms with van der Waals surface area (Å²) >= 11 is 2.03. The van der Waals surface area contributed by atoms with Crippen LogP contribution in [0.25, 0.3) is 0 Å². The van der Waals surface area contributed by atoms with Gasteiger partial charge in [-0.15, -0.1) is 23.7 Å². The van der Waals surface area contributed by atoms with Crippen molar-refractivity contribution in [2.75, 3.05) is 13.1 Å². The Hall–Kier alpha value is -0.830. The highest BCUT2D eigenvalue weighted by Gasteiger charge is 2.38. The molecule has 1 fully saturated rings. The highest BCUT2D eigenvalue weighted by molar-refractivity contribution is 7.10. The summed E-state index contributed by atoms with van der Waals surface area (Å²) in [5, 5.41) is 2.49. The molecule has 3 heterocycles. The standard InChI is InChI=1S/C19H21NS.ClH/c1-2-6-14-13(5-1)8-9-18-19-15(14)11-20-10-4-3-7-17(20)16(19)12-21-18;/h1-2,5-6,12,15,17H,3-4,7-11H2;1H. The van der Waals surface area contributed by atoms with Crippen molar-refractivity contribution in [1.29, 1.82) is 0 Å². The van der Waals surface area contributed by atoms with Crippen LogP contribution in [0.3, 0.4) is 0 Å². The summed E-state index contributed by atoms with van der Waals surface area (Å²) in [7, 11) is 0. The van der Waals surface area contributed by atoms with Gasteiger partial charge in [-0.05, 0) is 59.9 Å². The molecule has 1 nitrogen and oxygen atoms in total. The third-order valence-electron chi connectivity index (χ3n) is 5.73. The SMILES string of the molecule is Cl.c1ccc2c(c1)CCc1scc3c1C2CN1CCCCC31. The first-order valence-electron chi connectivity index (χ1n) is 8.34. The third-order valence-corrected chi connectivity index (χ3v) is 6.81. The van der Waals surface area contributed by atoms with Crippen LogP contribution in [-0.4, -0.2) is 18.0 Å². The molecule has 3 aliphatic rings. The van der Waals surface area contributed by atoms with Gasteiger partial charge in [0.1, 0.15) is 0 Å². The maximum absolute atomic E-state index is 2.77. The molecule has 0 spiro atoms. The summed E-state index contributed by atoms with van der Waals surface area (Å²) in [6.45, 7) is 2.55. The van der Waals surface area contributed by atoms with Gasteiger partial charge in [0.05, 0.1) is 0 Å². The first-order valence-corrected chi connectivity index (χ1v) is 9.22. The van der Waals surface area contributed by atoms with Crippen molar-refractivity contribution in [2.45, 2.75) is 44.1 Å². The van der Waals surface area contributed by atoms with Gasteiger partial charge in [-0.2, -0.15) is 0 Å². The quantitative estimate of drug-likeness (QED) is 0.660. The fourth-order valence-electron chi connectivity index (χ4n) is 4.76. The molecule has 116 valence electrons. The lowest BCUT2D eigenvalue weighted by atomic mass is 9.79. The Bertz CT molecular complexity index is 692. The lowest BCUT2D eigenvalue weighted by molar-refractivity contribution is 0.131. The smallest absolute Gasteiger partial charge is 0.0359 e. The van der Waals surface area contributed by atoms with Gasteiger partial charge in [0, 0.05) is 23.4 Å². The molecule has 22 heavy (non-hydrogen) atoms. The van der Waals surface area contributed by atoms with Crippen LogP contribution < -0.4 is 0 Å². The summed E-state index contributed by atoms with van der Waals surface area (Å²) in [5.41, 5.74) is 6.61. The first-order chi connectivity index (χ1) is 10.4. The monoisotopic (exact) mass is 331 g/mol. The molecule has 2 atom stereocenters. The molecule has 2 unspecified atom stereocenters. The van der Waals surface area contributed by atoms with Crippen molar-refractivity contribution in [3.05, 3.63) is 56.8 Å². The Morgan fingerprint density at radius 2 is 1.95 bits per heavy atom. The molecule has 0 radical (unpaired) electrons. The fourth-order valence-corrected chi connectivity index (χ4v) is 5.92. The number of rotatable bonds is 0. The molecule has 1 saturated heterocycles. The number of aryl methyl sites for hydroxylation is 2. The van der Waals surface area contributed by atoms with Crippen LogP contribution in [0, 0.1) is 0 Å². The number of piperidine rings is 1. The van der Waals surface area contributed by atoms with E-state index in [9.17, 15) is 0 Å². The molecule has 2 aromatic rings. The highest BCUT2D eigenvalue weighted by Crippen LogP contribution is 2.49. The summed E-state index contributed by atoms with van der Waals surface area (Å²) in [4.78, 5) is 4.45. The largest absolute Gasteiger partial charge is 0.295 e. The fraction of sp³-hybridized carbons (Fsp3) is 0.474. The minimum atomic E-state index is 0. The zero-order valence-corrected chi connectivity index (χ0v) is 14.4. The molecular formula is C19H22ClNS. The van der Waals surface area contributed by atoms with Crippen molar-refractivity contribution < 1.29 is 0 Å². The van der Waals surface area contributed by atoms with Gasteiger partial charge in [-0.1, -0.05) is 30.7 Å². The van der Waals surface area contributed by atoms with Crippen molar-refractivity contribution in [3.8, 4) is 0 Å². The molecule has 0 amide bonds. The van der Waals surface area contributed by atoms with E-state index in [4.69, 9.17) is 0 Å². The average molecular weight is 332 g/mol. The molecule has 1 aliphatic carbocycles. The Morgan fingerprint density at radius 1 is 1.05 bits per heavy atom. The van der Waals surface area contributed by atoms with Gasteiger partial charge in [0.2, 0.25) is 0 Å². The second-order valence-electron chi connectivity index (χ2n) is 6.79. The molecule has 1 aromatic carbocycles. The Balaban J connectivity index is 0.00000125. The van der Waals surface area contributed by atoms with E-state index in [0.29, 0.717) is 5.92 Å². The molecular weight excluding hydrogens is 310 g/mol. The van der Waals surface area contributed by atoms with Crippen LogP contribution in [0.1, 0.15) is 58.4 Å². The van der Waals surface area contributed by atoms with E-state index < -0.39 is 0 Å². The average Bonchev–Trinajstić information content (AvgIpc) is 2.90. The maximum atomic E-state index is 2.77. The van der Waals surface area contributed by atoms with Gasteiger partial charge in [0.15, 0.2) is 0 Å². The van der Waals surface area contributed by atoms with Crippen molar-refractivity contribution >= 4 is 23.7 Å².